The predicted octanol–water partition coefficient (Wildman–Crippen LogP) is 2.68. The smallest absolute Gasteiger partial charge is 0.227 e. The molecule has 2 aromatic rings. The molecule has 0 aliphatic carbocycles. The summed E-state index contributed by atoms with van der Waals surface area (Å²) in [5.74, 6) is 2.28. The van der Waals surface area contributed by atoms with Crippen molar-refractivity contribution in [3.63, 3.8) is 0 Å². The number of hydrogen-bond donors (Lipinski definition) is 1. The number of nitrogens with zero attached hydrogens (tertiary/aromatic N) is 2. The first kappa shape index (κ1) is 15.6. The lowest BCUT2D eigenvalue weighted by Gasteiger charge is -2.32. The van der Waals surface area contributed by atoms with Crippen LogP contribution >= 0.6 is 0 Å². The van der Waals surface area contributed by atoms with E-state index >= 15 is 0 Å². The zero-order valence-electron chi connectivity index (χ0n) is 13.7. The number of piperidine rings is 1. The number of H-pyrrole nitrogens is 1. The van der Waals surface area contributed by atoms with Crippen LogP contribution in [0.1, 0.15) is 35.8 Å². The van der Waals surface area contributed by atoms with E-state index in [2.05, 4.69) is 9.97 Å². The topological polar surface area (TPSA) is 58.2 Å². The van der Waals surface area contributed by atoms with Gasteiger partial charge in [0, 0.05) is 30.9 Å². The van der Waals surface area contributed by atoms with Crippen molar-refractivity contribution < 1.29 is 9.53 Å². The van der Waals surface area contributed by atoms with Crippen molar-refractivity contribution in [3.8, 4) is 5.75 Å². The van der Waals surface area contributed by atoms with E-state index in [1.165, 1.54) is 0 Å². The highest BCUT2D eigenvalue weighted by molar-refractivity contribution is 5.79. The molecule has 1 atom stereocenters. The minimum atomic E-state index is 0.172. The molecule has 1 amide bonds. The summed E-state index contributed by atoms with van der Waals surface area (Å²) in [6.45, 7) is 3.58. The van der Waals surface area contributed by atoms with Crippen LogP contribution in [0, 0.1) is 6.92 Å². The van der Waals surface area contributed by atoms with Gasteiger partial charge in [0.1, 0.15) is 11.6 Å². The lowest BCUT2D eigenvalue weighted by molar-refractivity contribution is -0.131. The van der Waals surface area contributed by atoms with E-state index in [1.807, 2.05) is 42.3 Å². The van der Waals surface area contributed by atoms with Crippen LogP contribution in [-0.2, 0) is 11.2 Å². The van der Waals surface area contributed by atoms with Gasteiger partial charge in [0.25, 0.3) is 0 Å². The molecule has 0 unspecified atom stereocenters. The average Bonchev–Trinajstić information content (AvgIpc) is 3.01. The number of carbonyl (C=O) groups excluding carboxylic acids is 1. The highest BCUT2D eigenvalue weighted by atomic mass is 16.5. The molecule has 1 aliphatic rings. The predicted molar refractivity (Wildman–Crippen MR) is 88.6 cm³/mol. The summed E-state index contributed by atoms with van der Waals surface area (Å²) in [5, 5.41) is 0. The van der Waals surface area contributed by atoms with Gasteiger partial charge >= 0.3 is 0 Å². The van der Waals surface area contributed by atoms with Crippen LogP contribution in [0.25, 0.3) is 0 Å². The van der Waals surface area contributed by atoms with E-state index in [4.69, 9.17) is 4.74 Å². The summed E-state index contributed by atoms with van der Waals surface area (Å²) in [6, 6.07) is 7.71. The second-order valence-corrected chi connectivity index (χ2v) is 6.16. The molecule has 0 radical (unpaired) electrons. The molecule has 0 spiro atoms. The lowest BCUT2D eigenvalue weighted by atomic mass is 9.96. The van der Waals surface area contributed by atoms with E-state index in [0.29, 0.717) is 12.3 Å². The second-order valence-electron chi connectivity index (χ2n) is 6.16. The Morgan fingerprint density at radius 2 is 2.35 bits per heavy atom. The Morgan fingerprint density at radius 3 is 3.09 bits per heavy atom. The number of hydrogen-bond acceptors (Lipinski definition) is 3. The molecular formula is C18H23N3O2. The average molecular weight is 313 g/mol. The van der Waals surface area contributed by atoms with E-state index in [-0.39, 0.29) is 5.91 Å². The molecule has 0 bridgehead atoms. The summed E-state index contributed by atoms with van der Waals surface area (Å²) in [4.78, 5) is 22.3. The number of benzene rings is 1. The number of nitrogens with one attached hydrogen (secondary N) is 1. The number of imidazole rings is 1. The number of aromatic amines is 1. The monoisotopic (exact) mass is 313 g/mol. The Balaban J connectivity index is 1.64. The molecule has 3 rings (SSSR count). The largest absolute Gasteiger partial charge is 0.497 e. The number of methoxy groups -OCH3 is 1. The van der Waals surface area contributed by atoms with E-state index < -0.39 is 0 Å². The third-order valence-electron chi connectivity index (χ3n) is 4.37. The Bertz CT molecular complexity index is 680. The molecule has 1 aromatic carbocycles. The van der Waals surface area contributed by atoms with Crippen molar-refractivity contribution in [3.05, 3.63) is 47.5 Å². The van der Waals surface area contributed by atoms with E-state index in [1.54, 1.807) is 7.11 Å². The lowest BCUT2D eigenvalue weighted by Crippen LogP contribution is -2.40. The van der Waals surface area contributed by atoms with Crippen LogP contribution in [0.4, 0.5) is 0 Å². The quantitative estimate of drug-likeness (QED) is 0.944. The minimum absolute atomic E-state index is 0.172. The minimum Gasteiger partial charge on any atom is -0.497 e. The van der Waals surface area contributed by atoms with Crippen LogP contribution in [0.5, 0.6) is 5.75 Å². The Morgan fingerprint density at radius 1 is 1.48 bits per heavy atom. The van der Waals surface area contributed by atoms with E-state index in [0.717, 1.165) is 48.8 Å². The van der Waals surface area contributed by atoms with Crippen molar-refractivity contribution in [2.45, 2.75) is 32.1 Å². The van der Waals surface area contributed by atoms with Crippen LogP contribution in [0.15, 0.2) is 30.5 Å². The number of aryl methyl sites for hydroxylation is 1. The standard InChI is InChI=1S/C18H23N3O2/c1-13-11-19-18(20-13)15-6-4-8-21(12-15)17(22)10-14-5-3-7-16(9-14)23-2/h3,5,7,9,11,15H,4,6,8,10,12H2,1-2H3,(H,19,20)/t15-/m0/s1. The molecule has 1 saturated heterocycles. The molecule has 5 heteroatoms. The van der Waals surface area contributed by atoms with Crippen molar-refractivity contribution >= 4 is 5.91 Å². The van der Waals surface area contributed by atoms with Crippen LogP contribution < -0.4 is 4.74 Å². The van der Waals surface area contributed by atoms with Crippen molar-refractivity contribution in [2.24, 2.45) is 0 Å². The fraction of sp³-hybridized carbons (Fsp3) is 0.444. The third-order valence-corrected chi connectivity index (χ3v) is 4.37. The maximum Gasteiger partial charge on any atom is 0.227 e. The summed E-state index contributed by atoms with van der Waals surface area (Å²) in [7, 11) is 1.64. The summed E-state index contributed by atoms with van der Waals surface area (Å²) in [6.07, 6.45) is 4.37. The van der Waals surface area contributed by atoms with Gasteiger partial charge in [-0.3, -0.25) is 4.79 Å². The van der Waals surface area contributed by atoms with Gasteiger partial charge in [0.15, 0.2) is 0 Å². The number of likely N-dealkylation sites (tertiary alicyclic amines) is 1. The molecular weight excluding hydrogens is 290 g/mol. The first-order chi connectivity index (χ1) is 11.2. The molecule has 1 fully saturated rings. The molecule has 1 N–H and O–H groups in total. The molecule has 5 nitrogen and oxygen atoms in total. The first-order valence-electron chi connectivity index (χ1n) is 8.08. The van der Waals surface area contributed by atoms with Gasteiger partial charge in [-0.25, -0.2) is 4.98 Å². The maximum atomic E-state index is 12.6. The third kappa shape index (κ3) is 3.73. The summed E-state index contributed by atoms with van der Waals surface area (Å²) >= 11 is 0. The van der Waals surface area contributed by atoms with Crippen LogP contribution in [-0.4, -0.2) is 41.0 Å². The fourth-order valence-corrected chi connectivity index (χ4v) is 3.14. The van der Waals surface area contributed by atoms with Crippen molar-refractivity contribution in [1.29, 1.82) is 0 Å². The van der Waals surface area contributed by atoms with Gasteiger partial charge in [-0.1, -0.05) is 12.1 Å². The van der Waals surface area contributed by atoms with Crippen molar-refractivity contribution in [2.75, 3.05) is 20.2 Å². The van der Waals surface area contributed by atoms with Crippen LogP contribution in [0.3, 0.4) is 0 Å². The van der Waals surface area contributed by atoms with Gasteiger partial charge in [0.05, 0.1) is 13.5 Å². The normalized spacial score (nSPS) is 18.0. The Hall–Kier alpha value is -2.30. The highest BCUT2D eigenvalue weighted by Gasteiger charge is 2.26. The molecule has 1 aromatic heterocycles. The number of ether oxygens (including phenoxy) is 1. The summed E-state index contributed by atoms with van der Waals surface area (Å²) in [5.41, 5.74) is 2.06. The molecule has 2 heterocycles. The fourth-order valence-electron chi connectivity index (χ4n) is 3.14. The van der Waals surface area contributed by atoms with Gasteiger partial charge < -0.3 is 14.6 Å². The van der Waals surface area contributed by atoms with Gasteiger partial charge in [-0.2, -0.15) is 0 Å². The first-order valence-corrected chi connectivity index (χ1v) is 8.08. The molecule has 23 heavy (non-hydrogen) atoms. The van der Waals surface area contributed by atoms with Gasteiger partial charge in [-0.05, 0) is 37.5 Å². The SMILES string of the molecule is COc1cccc(CC(=O)N2CCC[C@H](c3ncc(C)[nH]3)C2)c1. The van der Waals surface area contributed by atoms with Crippen LogP contribution in [0.2, 0.25) is 0 Å². The number of carbonyl (C=O) groups is 1. The maximum absolute atomic E-state index is 12.6. The molecule has 1 aliphatic heterocycles. The van der Waals surface area contributed by atoms with Gasteiger partial charge in [-0.15, -0.1) is 0 Å². The number of amides is 1. The number of aromatic nitrogens is 2. The van der Waals surface area contributed by atoms with Crippen molar-refractivity contribution in [1.82, 2.24) is 14.9 Å². The second kappa shape index (κ2) is 6.86. The Kier molecular flexibility index (Phi) is 4.65. The Labute approximate surface area is 136 Å². The van der Waals surface area contributed by atoms with Gasteiger partial charge in [0.2, 0.25) is 5.91 Å². The zero-order valence-corrected chi connectivity index (χ0v) is 13.7. The zero-order chi connectivity index (χ0) is 16.2. The highest BCUT2D eigenvalue weighted by Crippen LogP contribution is 2.25. The summed E-state index contributed by atoms with van der Waals surface area (Å²) < 4.78 is 5.22. The van der Waals surface area contributed by atoms with E-state index in [9.17, 15) is 4.79 Å². The molecule has 122 valence electrons. The molecule has 0 saturated carbocycles. The number of rotatable bonds is 4.